The number of nitrogens with one attached hydrogen (secondary N) is 2. The number of hydrogen-bond acceptors (Lipinski definition) is 5. The van der Waals surface area contributed by atoms with Crippen LogP contribution in [-0.2, 0) is 24.9 Å². The van der Waals surface area contributed by atoms with Crippen molar-refractivity contribution in [1.82, 2.24) is 25.4 Å². The van der Waals surface area contributed by atoms with Crippen LogP contribution in [0.5, 0.6) is 5.75 Å². The van der Waals surface area contributed by atoms with Gasteiger partial charge in [0.25, 0.3) is 0 Å². The van der Waals surface area contributed by atoms with E-state index in [1.807, 2.05) is 11.6 Å². The molecule has 0 bridgehead atoms. The van der Waals surface area contributed by atoms with Gasteiger partial charge in [-0.25, -0.2) is 0 Å². The second-order valence-corrected chi connectivity index (χ2v) is 6.69. The Morgan fingerprint density at radius 3 is 2.86 bits per heavy atom. The summed E-state index contributed by atoms with van der Waals surface area (Å²) in [7, 11) is 3.66. The number of ether oxygens (including phenoxy) is 2. The van der Waals surface area contributed by atoms with E-state index in [1.165, 1.54) is 5.56 Å². The van der Waals surface area contributed by atoms with Crippen LogP contribution in [0.3, 0.4) is 0 Å². The molecule has 1 unspecified atom stereocenters. The Labute approximate surface area is 183 Å². The van der Waals surface area contributed by atoms with Crippen molar-refractivity contribution in [3.63, 3.8) is 0 Å². The lowest BCUT2D eigenvalue weighted by molar-refractivity contribution is 0.0676. The van der Waals surface area contributed by atoms with Gasteiger partial charge in [0.1, 0.15) is 18.7 Å². The van der Waals surface area contributed by atoms with Gasteiger partial charge in [-0.05, 0) is 31.4 Å². The smallest absolute Gasteiger partial charge is 0.191 e. The zero-order valence-corrected chi connectivity index (χ0v) is 19.0. The highest BCUT2D eigenvalue weighted by Gasteiger charge is 2.17. The van der Waals surface area contributed by atoms with Gasteiger partial charge in [0, 0.05) is 32.8 Å². The van der Waals surface area contributed by atoms with E-state index in [2.05, 4.69) is 50.9 Å². The van der Waals surface area contributed by atoms with Gasteiger partial charge in [0.15, 0.2) is 11.8 Å². The molecule has 0 saturated carbocycles. The van der Waals surface area contributed by atoms with Crippen molar-refractivity contribution in [2.45, 2.75) is 39.0 Å². The van der Waals surface area contributed by atoms with Crippen molar-refractivity contribution >= 4 is 29.9 Å². The maximum Gasteiger partial charge on any atom is 0.191 e. The van der Waals surface area contributed by atoms with Gasteiger partial charge in [-0.3, -0.25) is 4.99 Å². The van der Waals surface area contributed by atoms with Crippen molar-refractivity contribution in [3.8, 4) is 5.75 Å². The molecule has 3 rings (SSSR count). The molecule has 28 heavy (non-hydrogen) atoms. The molecular weight excluding hydrogens is 471 g/mol. The van der Waals surface area contributed by atoms with Crippen LogP contribution in [0, 0.1) is 6.92 Å². The number of guanidine groups is 1. The van der Waals surface area contributed by atoms with Crippen LogP contribution in [0.1, 0.15) is 29.8 Å². The average molecular weight is 500 g/mol. The van der Waals surface area contributed by atoms with E-state index in [-0.39, 0.29) is 30.1 Å². The predicted molar refractivity (Wildman–Crippen MR) is 119 cm³/mol. The number of halogens is 1. The second-order valence-electron chi connectivity index (χ2n) is 6.69. The Morgan fingerprint density at radius 2 is 2.18 bits per heavy atom. The molecule has 1 aromatic heterocycles. The van der Waals surface area contributed by atoms with Gasteiger partial charge < -0.3 is 24.7 Å². The van der Waals surface area contributed by atoms with Gasteiger partial charge in [-0.1, -0.05) is 12.1 Å². The number of aliphatic imine (C=N–C) groups is 1. The van der Waals surface area contributed by atoms with E-state index < -0.39 is 0 Å². The Hall–Kier alpha value is -1.88. The van der Waals surface area contributed by atoms with Crippen LogP contribution in [0.15, 0.2) is 29.5 Å². The molecule has 1 fully saturated rings. The quantitative estimate of drug-likeness (QED) is 0.345. The van der Waals surface area contributed by atoms with Crippen molar-refractivity contribution < 1.29 is 9.47 Å². The lowest BCUT2D eigenvalue weighted by atomic mass is 10.1. The van der Waals surface area contributed by atoms with E-state index >= 15 is 0 Å². The molecule has 2 N–H and O–H groups in total. The number of aryl methyl sites for hydroxylation is 2. The number of benzene rings is 1. The third-order valence-electron chi connectivity index (χ3n) is 4.56. The van der Waals surface area contributed by atoms with Gasteiger partial charge in [-0.2, -0.15) is 0 Å². The Morgan fingerprint density at radius 1 is 1.36 bits per heavy atom. The van der Waals surface area contributed by atoms with E-state index in [9.17, 15) is 0 Å². The Balaban J connectivity index is 0.00000280. The van der Waals surface area contributed by atoms with Gasteiger partial charge in [-0.15, -0.1) is 34.2 Å². The fraction of sp³-hybridized carbons (Fsp3) is 0.526. The number of hydrogen-bond donors (Lipinski definition) is 2. The molecule has 2 aromatic rings. The third kappa shape index (κ3) is 6.33. The first-order valence-electron chi connectivity index (χ1n) is 9.27. The van der Waals surface area contributed by atoms with Crippen molar-refractivity contribution in [1.29, 1.82) is 0 Å². The SMILES string of the molecule is CN=C(NCc1ccc(C)cc1OCC1CCCO1)NCc1nncn1C.I. The highest BCUT2D eigenvalue weighted by Crippen LogP contribution is 2.22. The second kappa shape index (κ2) is 11.2. The van der Waals surface area contributed by atoms with Crippen LogP contribution in [0.4, 0.5) is 0 Å². The summed E-state index contributed by atoms with van der Waals surface area (Å²) in [5.41, 5.74) is 2.26. The van der Waals surface area contributed by atoms with Crippen LogP contribution in [-0.4, -0.2) is 47.1 Å². The van der Waals surface area contributed by atoms with Crippen LogP contribution >= 0.6 is 24.0 Å². The normalized spacial score (nSPS) is 16.5. The molecule has 2 heterocycles. The maximum absolute atomic E-state index is 6.06. The molecule has 154 valence electrons. The first kappa shape index (κ1) is 22.4. The maximum atomic E-state index is 6.06. The van der Waals surface area contributed by atoms with E-state index in [0.717, 1.165) is 36.6 Å². The summed E-state index contributed by atoms with van der Waals surface area (Å²) in [5.74, 6) is 2.43. The minimum absolute atomic E-state index is 0. The summed E-state index contributed by atoms with van der Waals surface area (Å²) < 4.78 is 13.6. The first-order valence-corrected chi connectivity index (χ1v) is 9.27. The molecule has 9 heteroatoms. The summed E-state index contributed by atoms with van der Waals surface area (Å²) in [6.07, 6.45) is 4.06. The summed E-state index contributed by atoms with van der Waals surface area (Å²) in [5, 5.41) is 14.5. The molecule has 1 aromatic carbocycles. The first-order chi connectivity index (χ1) is 13.2. The molecule has 0 amide bonds. The Kier molecular flexibility index (Phi) is 8.97. The minimum Gasteiger partial charge on any atom is -0.491 e. The van der Waals surface area contributed by atoms with E-state index in [1.54, 1.807) is 13.4 Å². The molecule has 1 saturated heterocycles. The molecule has 1 aliphatic heterocycles. The van der Waals surface area contributed by atoms with Crippen LogP contribution < -0.4 is 15.4 Å². The lowest BCUT2D eigenvalue weighted by Gasteiger charge is -2.17. The summed E-state index contributed by atoms with van der Waals surface area (Å²) in [6, 6.07) is 6.25. The highest BCUT2D eigenvalue weighted by atomic mass is 127. The molecular formula is C19H29IN6O2. The molecule has 0 spiro atoms. The predicted octanol–water partition coefficient (Wildman–Crippen LogP) is 2.16. The standard InChI is InChI=1S/C19H28N6O2.HI/c1-14-6-7-15(17(9-14)27-12-16-5-4-8-26-16)10-21-19(20-2)22-11-18-24-23-13-25(18)3;/h6-7,9,13,16H,4-5,8,10-12H2,1-3H3,(H2,20,21,22);1H. The highest BCUT2D eigenvalue weighted by molar-refractivity contribution is 14.0. The van der Waals surface area contributed by atoms with Crippen LogP contribution in [0.25, 0.3) is 0 Å². The van der Waals surface area contributed by atoms with E-state index in [4.69, 9.17) is 9.47 Å². The minimum atomic E-state index is 0. The third-order valence-corrected chi connectivity index (χ3v) is 4.56. The topological polar surface area (TPSA) is 85.6 Å². The average Bonchev–Trinajstić information content (AvgIpc) is 3.33. The fourth-order valence-electron chi connectivity index (χ4n) is 2.93. The number of aromatic nitrogens is 3. The van der Waals surface area contributed by atoms with Crippen molar-refractivity contribution in [2.75, 3.05) is 20.3 Å². The fourth-order valence-corrected chi connectivity index (χ4v) is 2.93. The lowest BCUT2D eigenvalue weighted by Crippen LogP contribution is -2.37. The van der Waals surface area contributed by atoms with Crippen molar-refractivity contribution in [3.05, 3.63) is 41.5 Å². The zero-order valence-electron chi connectivity index (χ0n) is 16.6. The summed E-state index contributed by atoms with van der Waals surface area (Å²) in [4.78, 5) is 4.26. The molecule has 8 nitrogen and oxygen atoms in total. The van der Waals surface area contributed by atoms with Crippen molar-refractivity contribution in [2.24, 2.45) is 12.0 Å². The molecule has 0 radical (unpaired) electrons. The zero-order chi connectivity index (χ0) is 19.1. The monoisotopic (exact) mass is 500 g/mol. The summed E-state index contributed by atoms with van der Waals surface area (Å²) in [6.45, 7) is 4.66. The molecule has 0 aliphatic carbocycles. The number of rotatable bonds is 7. The van der Waals surface area contributed by atoms with Crippen LogP contribution in [0.2, 0.25) is 0 Å². The summed E-state index contributed by atoms with van der Waals surface area (Å²) >= 11 is 0. The van der Waals surface area contributed by atoms with Gasteiger partial charge in [0.05, 0.1) is 12.6 Å². The van der Waals surface area contributed by atoms with Gasteiger partial charge in [0.2, 0.25) is 0 Å². The molecule has 1 aliphatic rings. The molecule has 1 atom stereocenters. The largest absolute Gasteiger partial charge is 0.491 e. The number of nitrogens with zero attached hydrogens (tertiary/aromatic N) is 4. The van der Waals surface area contributed by atoms with Gasteiger partial charge >= 0.3 is 0 Å². The van der Waals surface area contributed by atoms with E-state index in [0.29, 0.717) is 25.7 Å². The Bertz CT molecular complexity index is 774.